The average Bonchev–Trinajstić information content (AvgIpc) is 2.53. The quantitative estimate of drug-likeness (QED) is 0.718. The molecule has 0 fully saturated rings. The SMILES string of the molecule is COc1ccccc1OCc1cccc2cccnc12. The minimum absolute atomic E-state index is 0.467. The minimum Gasteiger partial charge on any atom is -0.493 e. The van der Waals surface area contributed by atoms with E-state index in [1.807, 2.05) is 42.5 Å². The van der Waals surface area contributed by atoms with E-state index in [0.29, 0.717) is 6.61 Å². The number of hydrogen-bond acceptors (Lipinski definition) is 3. The van der Waals surface area contributed by atoms with E-state index in [1.54, 1.807) is 13.3 Å². The van der Waals surface area contributed by atoms with E-state index >= 15 is 0 Å². The lowest BCUT2D eigenvalue weighted by atomic mass is 10.1. The Bertz CT molecular complexity index is 720. The van der Waals surface area contributed by atoms with Gasteiger partial charge in [-0.05, 0) is 18.2 Å². The number of fused-ring (bicyclic) bond motifs is 1. The van der Waals surface area contributed by atoms with Gasteiger partial charge in [0.1, 0.15) is 6.61 Å². The molecule has 3 heteroatoms. The van der Waals surface area contributed by atoms with Crippen LogP contribution in [0.2, 0.25) is 0 Å². The van der Waals surface area contributed by atoms with Crippen LogP contribution in [0, 0.1) is 0 Å². The molecule has 0 spiro atoms. The van der Waals surface area contributed by atoms with Gasteiger partial charge in [0.15, 0.2) is 11.5 Å². The largest absolute Gasteiger partial charge is 0.493 e. The van der Waals surface area contributed by atoms with Crippen molar-refractivity contribution in [1.82, 2.24) is 4.98 Å². The zero-order valence-electron chi connectivity index (χ0n) is 11.2. The molecular weight excluding hydrogens is 250 g/mol. The average molecular weight is 265 g/mol. The summed E-state index contributed by atoms with van der Waals surface area (Å²) in [5.41, 5.74) is 2.04. The predicted molar refractivity (Wildman–Crippen MR) is 79.1 cm³/mol. The van der Waals surface area contributed by atoms with Gasteiger partial charge in [0.2, 0.25) is 0 Å². The van der Waals surface area contributed by atoms with Gasteiger partial charge in [-0.15, -0.1) is 0 Å². The molecule has 0 saturated heterocycles. The van der Waals surface area contributed by atoms with E-state index < -0.39 is 0 Å². The lowest BCUT2D eigenvalue weighted by molar-refractivity contribution is 0.285. The van der Waals surface area contributed by atoms with Gasteiger partial charge in [0.05, 0.1) is 12.6 Å². The van der Waals surface area contributed by atoms with Crippen molar-refractivity contribution in [3.05, 3.63) is 66.4 Å². The predicted octanol–water partition coefficient (Wildman–Crippen LogP) is 3.82. The Morgan fingerprint density at radius 1 is 0.900 bits per heavy atom. The topological polar surface area (TPSA) is 31.4 Å². The summed E-state index contributed by atoms with van der Waals surface area (Å²) in [6.07, 6.45) is 1.80. The first-order valence-electron chi connectivity index (χ1n) is 6.47. The lowest BCUT2D eigenvalue weighted by Gasteiger charge is -2.11. The number of nitrogens with zero attached hydrogens (tertiary/aromatic N) is 1. The Balaban J connectivity index is 1.87. The van der Waals surface area contributed by atoms with Gasteiger partial charge in [0.25, 0.3) is 0 Å². The summed E-state index contributed by atoms with van der Waals surface area (Å²) in [6.45, 7) is 0.467. The molecule has 3 nitrogen and oxygen atoms in total. The highest BCUT2D eigenvalue weighted by atomic mass is 16.5. The Labute approximate surface area is 117 Å². The number of methoxy groups -OCH3 is 1. The first-order chi connectivity index (χ1) is 9.88. The maximum absolute atomic E-state index is 5.86. The number of rotatable bonds is 4. The molecule has 100 valence electrons. The molecule has 1 aromatic heterocycles. The second kappa shape index (κ2) is 5.61. The van der Waals surface area contributed by atoms with Crippen molar-refractivity contribution in [2.24, 2.45) is 0 Å². The molecule has 1 heterocycles. The van der Waals surface area contributed by atoms with Crippen molar-refractivity contribution in [3.8, 4) is 11.5 Å². The zero-order valence-corrected chi connectivity index (χ0v) is 11.2. The molecule has 3 rings (SSSR count). The summed E-state index contributed by atoms with van der Waals surface area (Å²) in [4.78, 5) is 4.42. The van der Waals surface area contributed by atoms with Gasteiger partial charge in [-0.2, -0.15) is 0 Å². The van der Waals surface area contributed by atoms with Crippen LogP contribution >= 0.6 is 0 Å². The Morgan fingerprint density at radius 2 is 1.70 bits per heavy atom. The van der Waals surface area contributed by atoms with Crippen LogP contribution in [0.3, 0.4) is 0 Å². The fraction of sp³-hybridized carbons (Fsp3) is 0.118. The maximum Gasteiger partial charge on any atom is 0.161 e. The van der Waals surface area contributed by atoms with Gasteiger partial charge in [-0.3, -0.25) is 4.98 Å². The summed E-state index contributed by atoms with van der Waals surface area (Å²) in [5, 5.41) is 1.12. The molecule has 0 aliphatic heterocycles. The van der Waals surface area contributed by atoms with Crippen LogP contribution in [0.25, 0.3) is 10.9 Å². The third-order valence-electron chi connectivity index (χ3n) is 3.17. The Hall–Kier alpha value is -2.55. The molecule has 0 atom stereocenters. The van der Waals surface area contributed by atoms with Gasteiger partial charge in [-0.1, -0.05) is 36.4 Å². The number of ether oxygens (including phenoxy) is 2. The molecule has 20 heavy (non-hydrogen) atoms. The summed E-state index contributed by atoms with van der Waals surface area (Å²) < 4.78 is 11.1. The van der Waals surface area contributed by atoms with Crippen LogP contribution in [0.5, 0.6) is 11.5 Å². The molecule has 2 aromatic carbocycles. The Morgan fingerprint density at radius 3 is 2.55 bits per heavy atom. The number of hydrogen-bond donors (Lipinski definition) is 0. The third kappa shape index (κ3) is 2.43. The third-order valence-corrected chi connectivity index (χ3v) is 3.17. The van der Waals surface area contributed by atoms with Crippen LogP contribution in [-0.2, 0) is 6.61 Å². The monoisotopic (exact) mass is 265 g/mol. The standard InChI is InChI=1S/C17H15NO2/c1-19-15-9-2-3-10-16(15)20-12-14-7-4-6-13-8-5-11-18-17(13)14/h2-11H,12H2,1H3. The van der Waals surface area contributed by atoms with Crippen LogP contribution in [0.1, 0.15) is 5.56 Å². The first kappa shape index (κ1) is 12.5. The van der Waals surface area contributed by atoms with Gasteiger partial charge in [-0.25, -0.2) is 0 Å². The highest BCUT2D eigenvalue weighted by molar-refractivity contribution is 5.81. The lowest BCUT2D eigenvalue weighted by Crippen LogP contribution is -1.99. The van der Waals surface area contributed by atoms with Crippen LogP contribution in [0.15, 0.2) is 60.8 Å². The molecule has 3 aromatic rings. The molecule has 0 aliphatic carbocycles. The molecule has 0 N–H and O–H groups in total. The normalized spacial score (nSPS) is 10.4. The number of benzene rings is 2. The van der Waals surface area contributed by atoms with Crippen molar-refractivity contribution >= 4 is 10.9 Å². The van der Waals surface area contributed by atoms with E-state index in [1.165, 1.54) is 0 Å². The summed E-state index contributed by atoms with van der Waals surface area (Å²) in [6, 6.07) is 17.7. The van der Waals surface area contributed by atoms with Crippen molar-refractivity contribution in [2.45, 2.75) is 6.61 Å². The van der Waals surface area contributed by atoms with Crippen molar-refractivity contribution in [3.63, 3.8) is 0 Å². The highest BCUT2D eigenvalue weighted by Crippen LogP contribution is 2.27. The van der Waals surface area contributed by atoms with Gasteiger partial charge >= 0.3 is 0 Å². The Kier molecular flexibility index (Phi) is 3.50. The van der Waals surface area contributed by atoms with Crippen LogP contribution in [0.4, 0.5) is 0 Å². The smallest absolute Gasteiger partial charge is 0.161 e. The second-order valence-electron chi connectivity index (χ2n) is 4.43. The molecule has 0 unspecified atom stereocenters. The van der Waals surface area contributed by atoms with Crippen LogP contribution in [-0.4, -0.2) is 12.1 Å². The second-order valence-corrected chi connectivity index (χ2v) is 4.43. The van der Waals surface area contributed by atoms with E-state index in [9.17, 15) is 0 Å². The number of aromatic nitrogens is 1. The minimum atomic E-state index is 0.467. The number of pyridine rings is 1. The van der Waals surface area contributed by atoms with E-state index in [-0.39, 0.29) is 0 Å². The zero-order chi connectivity index (χ0) is 13.8. The van der Waals surface area contributed by atoms with E-state index in [2.05, 4.69) is 17.1 Å². The van der Waals surface area contributed by atoms with Gasteiger partial charge < -0.3 is 9.47 Å². The summed E-state index contributed by atoms with van der Waals surface area (Å²) >= 11 is 0. The molecule has 0 amide bonds. The van der Waals surface area contributed by atoms with Crippen molar-refractivity contribution in [1.29, 1.82) is 0 Å². The highest BCUT2D eigenvalue weighted by Gasteiger charge is 2.05. The fourth-order valence-corrected chi connectivity index (χ4v) is 2.18. The van der Waals surface area contributed by atoms with Crippen molar-refractivity contribution < 1.29 is 9.47 Å². The van der Waals surface area contributed by atoms with E-state index in [0.717, 1.165) is 28.0 Å². The molecular formula is C17H15NO2. The van der Waals surface area contributed by atoms with Gasteiger partial charge in [0, 0.05) is 17.1 Å². The fourth-order valence-electron chi connectivity index (χ4n) is 2.18. The van der Waals surface area contributed by atoms with Crippen LogP contribution < -0.4 is 9.47 Å². The molecule has 0 bridgehead atoms. The molecule has 0 radical (unpaired) electrons. The summed E-state index contributed by atoms with van der Waals surface area (Å²) in [5.74, 6) is 1.48. The number of para-hydroxylation sites is 3. The maximum atomic E-state index is 5.86. The first-order valence-corrected chi connectivity index (χ1v) is 6.47. The molecule has 0 aliphatic rings. The van der Waals surface area contributed by atoms with Crippen molar-refractivity contribution in [2.75, 3.05) is 7.11 Å². The molecule has 0 saturated carbocycles. The summed E-state index contributed by atoms with van der Waals surface area (Å²) in [7, 11) is 1.64. The van der Waals surface area contributed by atoms with E-state index in [4.69, 9.17) is 9.47 Å².